The van der Waals surface area contributed by atoms with E-state index >= 15 is 0 Å². The minimum Gasteiger partial charge on any atom is -0.383 e. The molecular weight excluding hydrogens is 274 g/mol. The predicted octanol–water partition coefficient (Wildman–Crippen LogP) is 2.91. The number of benzene rings is 1. The van der Waals surface area contributed by atoms with Gasteiger partial charge >= 0.3 is 0 Å². The third-order valence-electron chi connectivity index (χ3n) is 4.29. The molecule has 1 aliphatic rings. The molecule has 2 atom stereocenters. The molecule has 3 nitrogen and oxygen atoms in total. The van der Waals surface area contributed by atoms with Crippen LogP contribution in [-0.4, -0.2) is 39.5 Å². The molecule has 0 aliphatic carbocycles. The molecule has 1 aromatic rings. The lowest BCUT2D eigenvalue weighted by Crippen LogP contribution is -2.42. The Morgan fingerprint density at radius 1 is 1.45 bits per heavy atom. The van der Waals surface area contributed by atoms with Crippen molar-refractivity contribution in [3.05, 3.63) is 34.9 Å². The van der Waals surface area contributed by atoms with Crippen LogP contribution in [0.25, 0.3) is 0 Å². The first-order chi connectivity index (χ1) is 9.68. The van der Waals surface area contributed by atoms with E-state index in [1.807, 2.05) is 18.2 Å². The van der Waals surface area contributed by atoms with Gasteiger partial charge in [0, 0.05) is 37.2 Å². The van der Waals surface area contributed by atoms with E-state index < -0.39 is 0 Å². The lowest BCUT2D eigenvalue weighted by atomic mass is 9.76. The molecule has 0 saturated carbocycles. The number of halogens is 1. The van der Waals surface area contributed by atoms with Crippen molar-refractivity contribution in [2.45, 2.75) is 25.9 Å². The van der Waals surface area contributed by atoms with Crippen LogP contribution >= 0.6 is 11.6 Å². The smallest absolute Gasteiger partial charge is 0.0619 e. The molecular formula is C16H24ClNO2. The standard InChI is InChI=1S/C16H24ClNO2/c1-13-16(7-9-20-13,12-18-8-10-19-2)11-14-5-3-4-6-15(14)17/h3-6,13,18H,7-12H2,1-2H3. The average molecular weight is 298 g/mol. The van der Waals surface area contributed by atoms with Gasteiger partial charge in [-0.1, -0.05) is 29.8 Å². The zero-order valence-corrected chi connectivity index (χ0v) is 13.1. The maximum absolute atomic E-state index is 6.31. The molecule has 2 rings (SSSR count). The summed E-state index contributed by atoms with van der Waals surface area (Å²) < 4.78 is 10.9. The van der Waals surface area contributed by atoms with Crippen LogP contribution in [0.4, 0.5) is 0 Å². The Morgan fingerprint density at radius 3 is 2.90 bits per heavy atom. The maximum atomic E-state index is 6.31. The molecule has 2 unspecified atom stereocenters. The molecule has 0 bridgehead atoms. The monoisotopic (exact) mass is 297 g/mol. The Morgan fingerprint density at radius 2 is 2.25 bits per heavy atom. The lowest BCUT2D eigenvalue weighted by molar-refractivity contribution is 0.0620. The van der Waals surface area contributed by atoms with Crippen molar-refractivity contribution in [3.8, 4) is 0 Å². The fraction of sp³-hybridized carbons (Fsp3) is 0.625. The summed E-state index contributed by atoms with van der Waals surface area (Å²) in [7, 11) is 1.72. The van der Waals surface area contributed by atoms with Crippen molar-refractivity contribution in [1.82, 2.24) is 5.32 Å². The molecule has 1 aliphatic heterocycles. The summed E-state index contributed by atoms with van der Waals surface area (Å²) in [6, 6.07) is 8.10. The quantitative estimate of drug-likeness (QED) is 0.785. The van der Waals surface area contributed by atoms with Gasteiger partial charge in [0.1, 0.15) is 0 Å². The van der Waals surface area contributed by atoms with Gasteiger partial charge in [-0.3, -0.25) is 0 Å². The minimum atomic E-state index is 0.124. The molecule has 4 heteroatoms. The van der Waals surface area contributed by atoms with E-state index in [0.29, 0.717) is 0 Å². The fourth-order valence-corrected chi connectivity index (χ4v) is 3.08. The molecule has 1 N–H and O–H groups in total. The van der Waals surface area contributed by atoms with Crippen LogP contribution in [0.15, 0.2) is 24.3 Å². The Bertz CT molecular complexity index is 427. The molecule has 0 amide bonds. The number of nitrogens with one attached hydrogen (secondary N) is 1. The van der Waals surface area contributed by atoms with Gasteiger partial charge in [0.05, 0.1) is 12.7 Å². The summed E-state index contributed by atoms with van der Waals surface area (Å²) >= 11 is 6.31. The van der Waals surface area contributed by atoms with E-state index in [1.165, 1.54) is 5.56 Å². The van der Waals surface area contributed by atoms with Crippen LogP contribution in [0.5, 0.6) is 0 Å². The largest absolute Gasteiger partial charge is 0.383 e. The van der Waals surface area contributed by atoms with Gasteiger partial charge in [0.2, 0.25) is 0 Å². The molecule has 0 radical (unpaired) electrons. The number of hydrogen-bond acceptors (Lipinski definition) is 3. The van der Waals surface area contributed by atoms with E-state index in [0.717, 1.165) is 44.2 Å². The van der Waals surface area contributed by atoms with E-state index in [-0.39, 0.29) is 11.5 Å². The van der Waals surface area contributed by atoms with Crippen molar-refractivity contribution in [2.75, 3.05) is 33.4 Å². The highest BCUT2D eigenvalue weighted by Gasteiger charge is 2.41. The van der Waals surface area contributed by atoms with Gasteiger partial charge in [0.15, 0.2) is 0 Å². The highest BCUT2D eigenvalue weighted by atomic mass is 35.5. The highest BCUT2D eigenvalue weighted by molar-refractivity contribution is 6.31. The molecule has 0 spiro atoms. The second-order valence-electron chi connectivity index (χ2n) is 5.56. The molecule has 20 heavy (non-hydrogen) atoms. The Kier molecular flexibility index (Phi) is 5.85. The minimum absolute atomic E-state index is 0.124. The van der Waals surface area contributed by atoms with Gasteiger partial charge in [-0.25, -0.2) is 0 Å². The van der Waals surface area contributed by atoms with Gasteiger partial charge in [-0.15, -0.1) is 0 Å². The second-order valence-corrected chi connectivity index (χ2v) is 5.97. The summed E-state index contributed by atoms with van der Waals surface area (Å²) in [6.45, 7) is 5.53. The van der Waals surface area contributed by atoms with E-state index in [9.17, 15) is 0 Å². The third kappa shape index (κ3) is 3.73. The Balaban J connectivity index is 2.06. The van der Waals surface area contributed by atoms with Gasteiger partial charge in [0.25, 0.3) is 0 Å². The number of ether oxygens (including phenoxy) is 2. The Labute approximate surface area is 126 Å². The van der Waals surface area contributed by atoms with Crippen molar-refractivity contribution in [3.63, 3.8) is 0 Å². The van der Waals surface area contributed by atoms with Crippen molar-refractivity contribution in [2.24, 2.45) is 5.41 Å². The number of methoxy groups -OCH3 is 1. The summed E-state index contributed by atoms with van der Waals surface area (Å²) in [5.41, 5.74) is 1.33. The molecule has 112 valence electrons. The van der Waals surface area contributed by atoms with E-state index in [1.54, 1.807) is 7.11 Å². The van der Waals surface area contributed by atoms with E-state index in [4.69, 9.17) is 21.1 Å². The predicted molar refractivity (Wildman–Crippen MR) is 82.4 cm³/mol. The van der Waals surface area contributed by atoms with Crippen molar-refractivity contribution < 1.29 is 9.47 Å². The first kappa shape index (κ1) is 15.8. The second kappa shape index (κ2) is 7.41. The highest BCUT2D eigenvalue weighted by Crippen LogP contribution is 2.39. The zero-order valence-electron chi connectivity index (χ0n) is 12.3. The van der Waals surface area contributed by atoms with Crippen molar-refractivity contribution >= 4 is 11.6 Å². The van der Waals surface area contributed by atoms with Crippen LogP contribution in [0.2, 0.25) is 5.02 Å². The van der Waals surface area contributed by atoms with E-state index in [2.05, 4.69) is 18.3 Å². The SMILES string of the molecule is COCCNCC1(Cc2ccccc2Cl)CCOC1C. The van der Waals surface area contributed by atoms with Gasteiger partial charge < -0.3 is 14.8 Å². The summed E-state index contributed by atoms with van der Waals surface area (Å²) in [5.74, 6) is 0. The summed E-state index contributed by atoms with van der Waals surface area (Å²) in [4.78, 5) is 0. The van der Waals surface area contributed by atoms with Gasteiger partial charge in [-0.05, 0) is 31.4 Å². The fourth-order valence-electron chi connectivity index (χ4n) is 2.88. The topological polar surface area (TPSA) is 30.5 Å². The third-order valence-corrected chi connectivity index (χ3v) is 4.66. The first-order valence-electron chi connectivity index (χ1n) is 7.22. The van der Waals surface area contributed by atoms with Gasteiger partial charge in [-0.2, -0.15) is 0 Å². The lowest BCUT2D eigenvalue weighted by Gasteiger charge is -2.33. The molecule has 1 fully saturated rings. The molecule has 0 aromatic heterocycles. The average Bonchev–Trinajstić information content (AvgIpc) is 2.79. The molecule has 1 saturated heterocycles. The van der Waals surface area contributed by atoms with Crippen LogP contribution in [0.3, 0.4) is 0 Å². The van der Waals surface area contributed by atoms with Crippen molar-refractivity contribution in [1.29, 1.82) is 0 Å². The van der Waals surface area contributed by atoms with Crippen LogP contribution in [0.1, 0.15) is 18.9 Å². The Hall–Kier alpha value is -0.610. The first-order valence-corrected chi connectivity index (χ1v) is 7.60. The zero-order chi connectivity index (χ0) is 14.4. The molecule has 1 aromatic carbocycles. The van der Waals surface area contributed by atoms with Crippen LogP contribution in [-0.2, 0) is 15.9 Å². The number of rotatable bonds is 7. The molecule has 1 heterocycles. The van der Waals surface area contributed by atoms with Crippen LogP contribution in [0, 0.1) is 5.41 Å². The maximum Gasteiger partial charge on any atom is 0.0619 e. The van der Waals surface area contributed by atoms with Crippen LogP contribution < -0.4 is 5.32 Å². The summed E-state index contributed by atoms with van der Waals surface area (Å²) in [6.07, 6.45) is 2.27. The normalized spacial score (nSPS) is 26.1. The number of hydrogen-bond donors (Lipinski definition) is 1. The summed E-state index contributed by atoms with van der Waals surface area (Å²) in [5, 5.41) is 4.34.